The molecule has 0 amide bonds. The number of rotatable bonds is 6. The number of benzene rings is 7. The topological polar surface area (TPSA) is 55.4 Å². The van der Waals surface area contributed by atoms with Gasteiger partial charge in [0.05, 0.1) is 42.7 Å². The minimum absolute atomic E-state index is 0.707. The molecule has 0 heterocycles. The molecule has 0 atom stereocenters. The summed E-state index contributed by atoms with van der Waals surface area (Å²) in [6, 6.07) is 24.3. The van der Waals surface area contributed by atoms with Gasteiger partial charge >= 0.3 is 0 Å². The van der Waals surface area contributed by atoms with Gasteiger partial charge in [0.2, 0.25) is 0 Å². The second-order valence-electron chi connectivity index (χ2n) is 10.1. The second kappa shape index (κ2) is 9.77. The molecule has 210 valence electrons. The lowest BCUT2D eigenvalue weighted by atomic mass is 9.86. The number of fused-ring (bicyclic) bond motifs is 9. The van der Waals surface area contributed by atoms with Crippen LogP contribution in [-0.2, 0) is 0 Å². The van der Waals surface area contributed by atoms with Crippen molar-refractivity contribution in [1.29, 1.82) is 0 Å². The summed E-state index contributed by atoms with van der Waals surface area (Å²) in [6.45, 7) is 0. The molecule has 6 heteroatoms. The Kier molecular flexibility index (Phi) is 6.01. The van der Waals surface area contributed by atoms with Crippen molar-refractivity contribution in [3.63, 3.8) is 0 Å². The predicted molar refractivity (Wildman–Crippen MR) is 171 cm³/mol. The monoisotopic (exact) mass is 558 g/mol. The third-order valence-electron chi connectivity index (χ3n) is 8.34. The summed E-state index contributed by atoms with van der Waals surface area (Å²) >= 11 is 0. The van der Waals surface area contributed by atoms with Crippen molar-refractivity contribution in [2.45, 2.75) is 0 Å². The standard InChI is InChI=1S/C36H30O6/c1-37-31-19-13-7-8-14-20(19)32(38-2)26-25(31)27-29(34(40-4)22-16-10-9-15-21(22)33(27)39-3)30-28(26)35(41-5)23-17-11-12-18-24(23)36(30)42-6/h7-18H,1-6H3. The van der Waals surface area contributed by atoms with Crippen LogP contribution in [-0.4, -0.2) is 42.7 Å². The van der Waals surface area contributed by atoms with E-state index in [2.05, 4.69) is 36.4 Å². The summed E-state index contributed by atoms with van der Waals surface area (Å²) in [7, 11) is 10.2. The SMILES string of the molecule is COc1c2ccccc2c(OC)c2c1c1c(OC)c3ccccc3c(OC)c1c1c(OC)c3ccccc3c(OC)c21. The van der Waals surface area contributed by atoms with Gasteiger partial charge in [-0.1, -0.05) is 72.8 Å². The Bertz CT molecular complexity index is 1780. The first-order valence-electron chi connectivity index (χ1n) is 13.7. The fourth-order valence-corrected chi connectivity index (χ4v) is 6.83. The van der Waals surface area contributed by atoms with Gasteiger partial charge in [-0.05, 0) is 0 Å². The summed E-state index contributed by atoms with van der Waals surface area (Å²) < 4.78 is 37.7. The maximum atomic E-state index is 6.28. The molecule has 0 bridgehead atoms. The van der Waals surface area contributed by atoms with Crippen molar-refractivity contribution >= 4 is 64.6 Å². The molecule has 7 aromatic rings. The lowest BCUT2D eigenvalue weighted by Gasteiger charge is -2.25. The molecule has 0 N–H and O–H groups in total. The largest absolute Gasteiger partial charge is 0.495 e. The molecule has 0 saturated heterocycles. The molecule has 0 radical (unpaired) electrons. The van der Waals surface area contributed by atoms with Crippen LogP contribution in [0.3, 0.4) is 0 Å². The van der Waals surface area contributed by atoms with Crippen LogP contribution in [0.15, 0.2) is 72.8 Å². The van der Waals surface area contributed by atoms with E-state index >= 15 is 0 Å². The first-order chi connectivity index (χ1) is 20.6. The molecule has 0 aromatic heterocycles. The first kappa shape index (κ1) is 25.8. The Balaban J connectivity index is 2.04. The van der Waals surface area contributed by atoms with Crippen LogP contribution in [0.4, 0.5) is 0 Å². The van der Waals surface area contributed by atoms with Crippen LogP contribution in [0, 0.1) is 0 Å². The van der Waals surface area contributed by atoms with Gasteiger partial charge < -0.3 is 28.4 Å². The summed E-state index contributed by atoms with van der Waals surface area (Å²) in [6.07, 6.45) is 0. The van der Waals surface area contributed by atoms with E-state index in [0.29, 0.717) is 34.5 Å². The molecule has 0 aliphatic heterocycles. The van der Waals surface area contributed by atoms with Crippen molar-refractivity contribution in [2.24, 2.45) is 0 Å². The molecule has 0 unspecified atom stereocenters. The zero-order chi connectivity index (χ0) is 29.1. The van der Waals surface area contributed by atoms with Crippen molar-refractivity contribution in [3.05, 3.63) is 72.8 Å². The van der Waals surface area contributed by atoms with Crippen LogP contribution in [0.25, 0.3) is 64.6 Å². The van der Waals surface area contributed by atoms with Crippen LogP contribution < -0.4 is 28.4 Å². The third kappa shape index (κ3) is 3.20. The van der Waals surface area contributed by atoms with Gasteiger partial charge in [-0.3, -0.25) is 0 Å². The minimum atomic E-state index is 0.707. The van der Waals surface area contributed by atoms with Crippen LogP contribution in [0.5, 0.6) is 34.5 Å². The molecule has 0 aliphatic carbocycles. The van der Waals surface area contributed by atoms with Gasteiger partial charge in [-0.2, -0.15) is 0 Å². The molecular weight excluding hydrogens is 528 g/mol. The molecule has 0 spiro atoms. The molecule has 7 aromatic carbocycles. The predicted octanol–water partition coefficient (Wildman–Crippen LogP) is 8.66. The number of ether oxygens (including phenoxy) is 6. The van der Waals surface area contributed by atoms with Crippen molar-refractivity contribution in [1.82, 2.24) is 0 Å². The highest BCUT2D eigenvalue weighted by Crippen LogP contribution is 2.59. The molecule has 6 nitrogen and oxygen atoms in total. The zero-order valence-corrected chi connectivity index (χ0v) is 24.4. The first-order valence-corrected chi connectivity index (χ1v) is 13.7. The summed E-state index contributed by atoms with van der Waals surface area (Å²) in [4.78, 5) is 0. The molecule has 0 aliphatic rings. The molecular formula is C36H30O6. The van der Waals surface area contributed by atoms with Gasteiger partial charge in [0.1, 0.15) is 34.5 Å². The van der Waals surface area contributed by atoms with Gasteiger partial charge in [0, 0.05) is 64.6 Å². The Morgan fingerprint density at radius 3 is 0.524 bits per heavy atom. The Morgan fingerprint density at radius 1 is 0.262 bits per heavy atom. The van der Waals surface area contributed by atoms with E-state index in [1.54, 1.807) is 42.7 Å². The zero-order valence-electron chi connectivity index (χ0n) is 24.4. The van der Waals surface area contributed by atoms with Crippen LogP contribution >= 0.6 is 0 Å². The van der Waals surface area contributed by atoms with Crippen molar-refractivity contribution < 1.29 is 28.4 Å². The lowest BCUT2D eigenvalue weighted by Crippen LogP contribution is -2.01. The fourth-order valence-electron chi connectivity index (χ4n) is 6.83. The average Bonchev–Trinajstić information content (AvgIpc) is 3.04. The van der Waals surface area contributed by atoms with E-state index in [1.807, 2.05) is 36.4 Å². The van der Waals surface area contributed by atoms with Gasteiger partial charge in [-0.25, -0.2) is 0 Å². The lowest BCUT2D eigenvalue weighted by molar-refractivity contribution is 0.412. The van der Waals surface area contributed by atoms with Gasteiger partial charge in [-0.15, -0.1) is 0 Å². The fraction of sp³-hybridized carbons (Fsp3) is 0.167. The summed E-state index contributed by atoms with van der Waals surface area (Å²) in [5.41, 5.74) is 0. The Labute approximate surface area is 242 Å². The van der Waals surface area contributed by atoms with Crippen molar-refractivity contribution in [3.8, 4) is 34.5 Å². The summed E-state index contributed by atoms with van der Waals surface area (Å²) in [5, 5.41) is 10.6. The molecule has 0 saturated carbocycles. The number of hydrogen-bond donors (Lipinski definition) is 0. The van der Waals surface area contributed by atoms with E-state index in [1.165, 1.54) is 0 Å². The van der Waals surface area contributed by atoms with Gasteiger partial charge in [0.25, 0.3) is 0 Å². The Morgan fingerprint density at radius 2 is 0.405 bits per heavy atom. The average molecular weight is 559 g/mol. The molecule has 42 heavy (non-hydrogen) atoms. The highest BCUT2D eigenvalue weighted by Gasteiger charge is 2.31. The molecule has 0 fully saturated rings. The summed E-state index contributed by atoms with van der Waals surface area (Å²) in [5.74, 6) is 4.24. The highest BCUT2D eigenvalue weighted by molar-refractivity contribution is 6.40. The maximum absolute atomic E-state index is 6.28. The van der Waals surface area contributed by atoms with Crippen molar-refractivity contribution in [2.75, 3.05) is 42.7 Å². The van der Waals surface area contributed by atoms with Gasteiger partial charge in [0.15, 0.2) is 0 Å². The number of methoxy groups -OCH3 is 6. The van der Waals surface area contributed by atoms with E-state index in [-0.39, 0.29) is 0 Å². The normalized spacial score (nSPS) is 11.6. The highest BCUT2D eigenvalue weighted by atomic mass is 16.5. The third-order valence-corrected chi connectivity index (χ3v) is 8.34. The maximum Gasteiger partial charge on any atom is 0.135 e. The van der Waals surface area contributed by atoms with E-state index in [4.69, 9.17) is 28.4 Å². The van der Waals surface area contributed by atoms with E-state index < -0.39 is 0 Å². The van der Waals surface area contributed by atoms with Crippen LogP contribution in [0.1, 0.15) is 0 Å². The van der Waals surface area contributed by atoms with E-state index in [9.17, 15) is 0 Å². The molecule has 7 rings (SSSR count). The smallest absolute Gasteiger partial charge is 0.135 e. The second-order valence-corrected chi connectivity index (χ2v) is 10.1. The van der Waals surface area contributed by atoms with Crippen LogP contribution in [0.2, 0.25) is 0 Å². The minimum Gasteiger partial charge on any atom is -0.495 e. The quantitative estimate of drug-likeness (QED) is 0.150. The number of hydrogen-bond acceptors (Lipinski definition) is 6. The Hall–Kier alpha value is -5.10. The van der Waals surface area contributed by atoms with E-state index in [0.717, 1.165) is 64.6 Å².